The number of urea groups is 1. The molecular formula is C13H18F2N6O. The molecule has 0 fully saturated rings. The van der Waals surface area contributed by atoms with E-state index in [0.29, 0.717) is 12.1 Å². The van der Waals surface area contributed by atoms with Crippen molar-refractivity contribution in [3.05, 3.63) is 29.8 Å². The minimum Gasteiger partial charge on any atom is -0.335 e. The molecule has 7 nitrogen and oxygen atoms in total. The molecule has 0 aliphatic heterocycles. The lowest BCUT2D eigenvalue weighted by molar-refractivity contribution is 0.122. The van der Waals surface area contributed by atoms with Gasteiger partial charge in [-0.15, -0.1) is 0 Å². The van der Waals surface area contributed by atoms with Gasteiger partial charge in [-0.2, -0.15) is 10.2 Å². The molecule has 9 heteroatoms. The van der Waals surface area contributed by atoms with Crippen LogP contribution < -0.4 is 10.6 Å². The standard InChI is InChI=1S/C13H18F2N6O/c1-8(3-10-4-9(2)19-20-10)17-13(22)18-11-5-16-21(6-11)7-12(14)15/h4-6,8,12H,3,7H2,1-2H3,(H,19,20)(H2,17,18,22)/t8-/m0/s1. The summed E-state index contributed by atoms with van der Waals surface area (Å²) in [6, 6.07) is 1.36. The van der Waals surface area contributed by atoms with Crippen LogP contribution in [0.2, 0.25) is 0 Å². The number of hydrogen-bond donors (Lipinski definition) is 3. The zero-order valence-electron chi connectivity index (χ0n) is 12.3. The van der Waals surface area contributed by atoms with Crippen LogP contribution >= 0.6 is 0 Å². The number of rotatable bonds is 6. The number of amides is 2. The maximum absolute atomic E-state index is 12.2. The van der Waals surface area contributed by atoms with Crippen molar-refractivity contribution >= 4 is 11.7 Å². The lowest BCUT2D eigenvalue weighted by Crippen LogP contribution is -2.37. The highest BCUT2D eigenvalue weighted by molar-refractivity contribution is 5.89. The van der Waals surface area contributed by atoms with Crippen molar-refractivity contribution in [3.8, 4) is 0 Å². The van der Waals surface area contributed by atoms with Crippen molar-refractivity contribution in [1.29, 1.82) is 0 Å². The van der Waals surface area contributed by atoms with Crippen molar-refractivity contribution in [3.63, 3.8) is 0 Å². The molecule has 2 aromatic rings. The summed E-state index contributed by atoms with van der Waals surface area (Å²) in [5, 5.41) is 16.0. The first-order chi connectivity index (χ1) is 10.4. The molecule has 2 heterocycles. The molecule has 0 aliphatic carbocycles. The third-order valence-corrected chi connectivity index (χ3v) is 2.87. The van der Waals surface area contributed by atoms with Crippen LogP contribution in [-0.4, -0.2) is 38.5 Å². The molecule has 120 valence electrons. The molecule has 0 aliphatic rings. The molecule has 0 unspecified atom stereocenters. The summed E-state index contributed by atoms with van der Waals surface area (Å²) >= 11 is 0. The fourth-order valence-electron chi connectivity index (χ4n) is 2.00. The van der Waals surface area contributed by atoms with E-state index in [1.54, 1.807) is 0 Å². The number of halogens is 2. The van der Waals surface area contributed by atoms with Crippen molar-refractivity contribution in [2.45, 2.75) is 39.3 Å². The largest absolute Gasteiger partial charge is 0.335 e. The number of aromatic nitrogens is 4. The Morgan fingerprint density at radius 3 is 2.91 bits per heavy atom. The van der Waals surface area contributed by atoms with E-state index in [4.69, 9.17) is 0 Å². The van der Waals surface area contributed by atoms with E-state index in [0.717, 1.165) is 16.1 Å². The van der Waals surface area contributed by atoms with E-state index in [1.807, 2.05) is 19.9 Å². The van der Waals surface area contributed by atoms with Crippen LogP contribution in [0.15, 0.2) is 18.5 Å². The Morgan fingerprint density at radius 2 is 2.27 bits per heavy atom. The van der Waals surface area contributed by atoms with Crippen LogP contribution in [0, 0.1) is 6.92 Å². The zero-order valence-corrected chi connectivity index (χ0v) is 12.3. The number of aromatic amines is 1. The number of carbonyl (C=O) groups is 1. The zero-order chi connectivity index (χ0) is 16.1. The summed E-state index contributed by atoms with van der Waals surface area (Å²) < 4.78 is 25.5. The maximum Gasteiger partial charge on any atom is 0.319 e. The number of H-pyrrole nitrogens is 1. The van der Waals surface area contributed by atoms with Crippen LogP contribution in [0.1, 0.15) is 18.3 Å². The molecule has 22 heavy (non-hydrogen) atoms. The monoisotopic (exact) mass is 312 g/mol. The molecule has 0 bridgehead atoms. The Balaban J connectivity index is 1.80. The van der Waals surface area contributed by atoms with Crippen LogP contribution in [0.25, 0.3) is 0 Å². The number of nitrogens with zero attached hydrogens (tertiary/aromatic N) is 3. The van der Waals surface area contributed by atoms with Gasteiger partial charge in [0.2, 0.25) is 0 Å². The van der Waals surface area contributed by atoms with Gasteiger partial charge in [0.05, 0.1) is 17.6 Å². The first kappa shape index (κ1) is 15.9. The lowest BCUT2D eigenvalue weighted by atomic mass is 10.2. The van der Waals surface area contributed by atoms with E-state index < -0.39 is 19.0 Å². The van der Waals surface area contributed by atoms with E-state index in [1.165, 1.54) is 12.4 Å². The van der Waals surface area contributed by atoms with Gasteiger partial charge in [0.1, 0.15) is 6.54 Å². The van der Waals surface area contributed by atoms with Gasteiger partial charge in [-0.25, -0.2) is 13.6 Å². The summed E-state index contributed by atoms with van der Waals surface area (Å²) in [4.78, 5) is 11.8. The fraction of sp³-hybridized carbons (Fsp3) is 0.462. The average molecular weight is 312 g/mol. The Hall–Kier alpha value is -2.45. The second-order valence-corrected chi connectivity index (χ2v) is 5.09. The van der Waals surface area contributed by atoms with Gasteiger partial charge in [-0.1, -0.05) is 0 Å². The summed E-state index contributed by atoms with van der Waals surface area (Å²) in [6.45, 7) is 3.25. The summed E-state index contributed by atoms with van der Waals surface area (Å²) in [5.74, 6) is 0. The molecule has 0 radical (unpaired) electrons. The highest BCUT2D eigenvalue weighted by Gasteiger charge is 2.11. The number of anilines is 1. The molecule has 1 atom stereocenters. The van der Waals surface area contributed by atoms with Crippen LogP contribution in [0.4, 0.5) is 19.3 Å². The first-order valence-electron chi connectivity index (χ1n) is 6.81. The van der Waals surface area contributed by atoms with E-state index >= 15 is 0 Å². The number of alkyl halides is 2. The number of hydrogen-bond acceptors (Lipinski definition) is 3. The SMILES string of the molecule is Cc1cc(C[C@H](C)NC(=O)Nc2cnn(CC(F)F)c2)n[nH]1. The summed E-state index contributed by atoms with van der Waals surface area (Å²) in [6.07, 6.45) is 0.776. The van der Waals surface area contributed by atoms with E-state index in [2.05, 4.69) is 25.9 Å². The van der Waals surface area contributed by atoms with Crippen molar-refractivity contribution in [1.82, 2.24) is 25.3 Å². The quantitative estimate of drug-likeness (QED) is 0.761. The molecule has 0 spiro atoms. The molecule has 2 aromatic heterocycles. The van der Waals surface area contributed by atoms with Gasteiger partial charge in [0, 0.05) is 24.4 Å². The van der Waals surface area contributed by atoms with Crippen LogP contribution in [-0.2, 0) is 13.0 Å². The maximum atomic E-state index is 12.2. The molecule has 3 N–H and O–H groups in total. The molecule has 0 saturated carbocycles. The summed E-state index contributed by atoms with van der Waals surface area (Å²) in [7, 11) is 0. The third-order valence-electron chi connectivity index (χ3n) is 2.87. The Bertz CT molecular complexity index is 624. The van der Waals surface area contributed by atoms with Gasteiger partial charge in [-0.05, 0) is 19.9 Å². The summed E-state index contributed by atoms with van der Waals surface area (Å²) in [5.41, 5.74) is 2.18. The third kappa shape index (κ3) is 4.83. The predicted molar refractivity (Wildman–Crippen MR) is 76.9 cm³/mol. The fourth-order valence-corrected chi connectivity index (χ4v) is 2.00. The minimum absolute atomic E-state index is 0.126. The lowest BCUT2D eigenvalue weighted by Gasteiger charge is -2.12. The second-order valence-electron chi connectivity index (χ2n) is 5.09. The topological polar surface area (TPSA) is 87.6 Å². The Labute approximate surface area is 126 Å². The second kappa shape index (κ2) is 7.01. The first-order valence-corrected chi connectivity index (χ1v) is 6.81. The number of nitrogens with one attached hydrogen (secondary N) is 3. The normalized spacial score (nSPS) is 12.4. The van der Waals surface area contributed by atoms with E-state index in [9.17, 15) is 13.6 Å². The van der Waals surface area contributed by atoms with Crippen molar-refractivity contribution < 1.29 is 13.6 Å². The van der Waals surface area contributed by atoms with Gasteiger partial charge in [-0.3, -0.25) is 9.78 Å². The van der Waals surface area contributed by atoms with Crippen LogP contribution in [0.5, 0.6) is 0 Å². The van der Waals surface area contributed by atoms with E-state index in [-0.39, 0.29) is 6.04 Å². The Kier molecular flexibility index (Phi) is 5.08. The predicted octanol–water partition coefficient (Wildman–Crippen LogP) is 1.93. The van der Waals surface area contributed by atoms with Crippen LogP contribution in [0.3, 0.4) is 0 Å². The minimum atomic E-state index is -2.49. The van der Waals surface area contributed by atoms with Gasteiger partial charge in [0.25, 0.3) is 6.43 Å². The van der Waals surface area contributed by atoms with Gasteiger partial charge < -0.3 is 10.6 Å². The smallest absolute Gasteiger partial charge is 0.319 e. The Morgan fingerprint density at radius 1 is 1.50 bits per heavy atom. The molecule has 2 rings (SSSR count). The molecule has 2 amide bonds. The molecule has 0 saturated heterocycles. The average Bonchev–Trinajstić information content (AvgIpc) is 2.98. The highest BCUT2D eigenvalue weighted by atomic mass is 19.3. The van der Waals surface area contributed by atoms with Gasteiger partial charge in [0.15, 0.2) is 0 Å². The van der Waals surface area contributed by atoms with Crippen molar-refractivity contribution in [2.24, 2.45) is 0 Å². The molecular weight excluding hydrogens is 294 g/mol. The number of carbonyl (C=O) groups excluding carboxylic acids is 1. The highest BCUT2D eigenvalue weighted by Crippen LogP contribution is 2.07. The number of aryl methyl sites for hydroxylation is 1. The van der Waals surface area contributed by atoms with Gasteiger partial charge >= 0.3 is 6.03 Å². The molecule has 0 aromatic carbocycles. The van der Waals surface area contributed by atoms with Crippen molar-refractivity contribution in [2.75, 3.05) is 5.32 Å².